The van der Waals surface area contributed by atoms with Crippen molar-refractivity contribution in [2.45, 2.75) is 31.9 Å². The lowest BCUT2D eigenvalue weighted by Gasteiger charge is -2.17. The maximum absolute atomic E-state index is 12.7. The van der Waals surface area contributed by atoms with Crippen LogP contribution in [0.15, 0.2) is 24.3 Å². The Hall–Kier alpha value is -1.72. The zero-order valence-electron chi connectivity index (χ0n) is 10.5. The smallest absolute Gasteiger partial charge is 0.299 e. The van der Waals surface area contributed by atoms with Gasteiger partial charge >= 0.3 is 6.18 Å². The quantitative estimate of drug-likeness (QED) is 0.611. The average molecular weight is 288 g/mol. The molecule has 1 saturated carbocycles. The Kier molecular flexibility index (Phi) is 3.67. The topological polar surface area (TPSA) is 34.1 Å². The molecule has 0 aliphatic heterocycles. The van der Waals surface area contributed by atoms with Crippen molar-refractivity contribution < 1.29 is 27.2 Å². The van der Waals surface area contributed by atoms with Crippen LogP contribution in [-0.2, 0) is 4.79 Å². The SMILES string of the molecule is O=C(CCC(=O)C1(C(F)(F)F)CC1)c1ccc(F)cc1. The van der Waals surface area contributed by atoms with Crippen LogP contribution in [0.1, 0.15) is 36.0 Å². The summed E-state index contributed by atoms with van der Waals surface area (Å²) in [5.41, 5.74) is -2.04. The Morgan fingerprint density at radius 2 is 1.60 bits per heavy atom. The van der Waals surface area contributed by atoms with Crippen LogP contribution >= 0.6 is 0 Å². The Morgan fingerprint density at radius 3 is 2.05 bits per heavy atom. The largest absolute Gasteiger partial charge is 0.401 e. The fourth-order valence-corrected chi connectivity index (χ4v) is 2.09. The first-order chi connectivity index (χ1) is 9.26. The van der Waals surface area contributed by atoms with Crippen LogP contribution in [0, 0.1) is 11.2 Å². The molecule has 2 rings (SSSR count). The number of carbonyl (C=O) groups excluding carboxylic acids is 2. The first-order valence-electron chi connectivity index (χ1n) is 6.15. The molecule has 1 aliphatic rings. The van der Waals surface area contributed by atoms with E-state index in [1.165, 1.54) is 12.1 Å². The summed E-state index contributed by atoms with van der Waals surface area (Å²) in [5, 5.41) is 0. The number of hydrogen-bond acceptors (Lipinski definition) is 2. The zero-order chi connectivity index (χ0) is 15.0. The number of alkyl halides is 3. The summed E-state index contributed by atoms with van der Waals surface area (Å²) in [4.78, 5) is 23.3. The molecule has 0 N–H and O–H groups in total. The number of hydrogen-bond donors (Lipinski definition) is 0. The lowest BCUT2D eigenvalue weighted by Crippen LogP contribution is -2.32. The van der Waals surface area contributed by atoms with E-state index in [2.05, 4.69) is 0 Å². The summed E-state index contributed by atoms with van der Waals surface area (Å²) in [7, 11) is 0. The second-order valence-corrected chi connectivity index (χ2v) is 4.93. The number of halogens is 4. The van der Waals surface area contributed by atoms with Gasteiger partial charge < -0.3 is 0 Å². The fourth-order valence-electron chi connectivity index (χ4n) is 2.09. The van der Waals surface area contributed by atoms with Gasteiger partial charge in [-0.05, 0) is 37.1 Å². The molecule has 1 aromatic carbocycles. The molecule has 0 bridgehead atoms. The average Bonchev–Trinajstić information content (AvgIpc) is 3.17. The molecule has 20 heavy (non-hydrogen) atoms. The van der Waals surface area contributed by atoms with E-state index in [4.69, 9.17) is 0 Å². The number of benzene rings is 1. The Morgan fingerprint density at radius 1 is 1.05 bits per heavy atom. The number of ketones is 2. The summed E-state index contributed by atoms with van der Waals surface area (Å²) < 4.78 is 50.7. The van der Waals surface area contributed by atoms with Gasteiger partial charge in [0, 0.05) is 18.4 Å². The first kappa shape index (κ1) is 14.7. The molecule has 0 aromatic heterocycles. The summed E-state index contributed by atoms with van der Waals surface area (Å²) in [6, 6.07) is 4.68. The minimum Gasteiger partial charge on any atom is -0.299 e. The van der Waals surface area contributed by atoms with Crippen molar-refractivity contribution in [3.63, 3.8) is 0 Å². The Labute approximate surface area is 112 Å². The predicted molar refractivity (Wildman–Crippen MR) is 62.7 cm³/mol. The monoisotopic (exact) mass is 288 g/mol. The normalized spacial score (nSPS) is 16.8. The third-order valence-corrected chi connectivity index (χ3v) is 3.57. The van der Waals surface area contributed by atoms with E-state index in [9.17, 15) is 27.2 Å². The lowest BCUT2D eigenvalue weighted by atomic mass is 9.94. The van der Waals surface area contributed by atoms with E-state index in [-0.39, 0.29) is 24.8 Å². The highest BCUT2D eigenvalue weighted by atomic mass is 19.4. The molecule has 0 atom stereocenters. The molecule has 0 amide bonds. The second-order valence-electron chi connectivity index (χ2n) is 4.93. The van der Waals surface area contributed by atoms with Gasteiger partial charge in [-0.2, -0.15) is 13.2 Å². The van der Waals surface area contributed by atoms with Crippen molar-refractivity contribution >= 4 is 11.6 Å². The summed E-state index contributed by atoms with van der Waals surface area (Å²) in [6.45, 7) is 0. The highest BCUT2D eigenvalue weighted by Crippen LogP contribution is 2.58. The van der Waals surface area contributed by atoms with Gasteiger partial charge in [0.2, 0.25) is 0 Å². The third kappa shape index (κ3) is 2.73. The second kappa shape index (κ2) is 5.00. The van der Waals surface area contributed by atoms with E-state index in [0.29, 0.717) is 0 Å². The van der Waals surface area contributed by atoms with Crippen LogP contribution in [0.4, 0.5) is 17.6 Å². The van der Waals surface area contributed by atoms with Crippen molar-refractivity contribution in [3.8, 4) is 0 Å². The molecule has 0 spiro atoms. The number of carbonyl (C=O) groups is 2. The van der Waals surface area contributed by atoms with Crippen molar-refractivity contribution in [1.29, 1.82) is 0 Å². The third-order valence-electron chi connectivity index (χ3n) is 3.57. The van der Waals surface area contributed by atoms with Crippen molar-refractivity contribution in [2.75, 3.05) is 0 Å². The van der Waals surface area contributed by atoms with Crippen LogP contribution in [0.2, 0.25) is 0 Å². The molecule has 1 fully saturated rings. The molecule has 1 aromatic rings. The van der Waals surface area contributed by atoms with Gasteiger partial charge in [-0.25, -0.2) is 4.39 Å². The van der Waals surface area contributed by atoms with Crippen molar-refractivity contribution in [1.82, 2.24) is 0 Å². The Balaban J connectivity index is 1.94. The molecular formula is C14H12F4O2. The van der Waals surface area contributed by atoms with Crippen LogP contribution in [-0.4, -0.2) is 17.7 Å². The maximum Gasteiger partial charge on any atom is 0.401 e. The van der Waals surface area contributed by atoms with E-state index >= 15 is 0 Å². The fraction of sp³-hybridized carbons (Fsp3) is 0.429. The summed E-state index contributed by atoms with van der Waals surface area (Å²) in [5.74, 6) is -1.90. The van der Waals surface area contributed by atoms with Gasteiger partial charge in [0.25, 0.3) is 0 Å². The van der Waals surface area contributed by atoms with Gasteiger partial charge in [0.1, 0.15) is 17.0 Å². The number of Topliss-reactive ketones (excluding diaryl/α,β-unsaturated/α-hetero) is 2. The van der Waals surface area contributed by atoms with Crippen LogP contribution < -0.4 is 0 Å². The van der Waals surface area contributed by atoms with Crippen LogP contribution in [0.25, 0.3) is 0 Å². The van der Waals surface area contributed by atoms with Gasteiger partial charge in [-0.1, -0.05) is 0 Å². The minimum absolute atomic E-state index is 0.191. The Bertz CT molecular complexity index is 527. The standard InChI is InChI=1S/C14H12F4O2/c15-10-3-1-9(2-4-10)11(19)5-6-12(20)13(7-8-13)14(16,17)18/h1-4H,5-8H2. The van der Waals surface area contributed by atoms with Gasteiger partial charge in [-0.3, -0.25) is 9.59 Å². The van der Waals surface area contributed by atoms with Gasteiger partial charge in [-0.15, -0.1) is 0 Å². The first-order valence-corrected chi connectivity index (χ1v) is 6.15. The molecule has 6 heteroatoms. The molecule has 1 aliphatic carbocycles. The lowest BCUT2D eigenvalue weighted by molar-refractivity contribution is -0.190. The van der Waals surface area contributed by atoms with Crippen molar-refractivity contribution in [3.05, 3.63) is 35.6 Å². The zero-order valence-corrected chi connectivity index (χ0v) is 10.5. The number of rotatable bonds is 5. The molecular weight excluding hydrogens is 276 g/mol. The van der Waals surface area contributed by atoms with Crippen LogP contribution in [0.5, 0.6) is 0 Å². The van der Waals surface area contributed by atoms with Crippen molar-refractivity contribution in [2.24, 2.45) is 5.41 Å². The molecule has 0 unspecified atom stereocenters. The predicted octanol–water partition coefficient (Wildman–Crippen LogP) is 3.70. The van der Waals surface area contributed by atoms with Gasteiger partial charge in [0.05, 0.1) is 0 Å². The van der Waals surface area contributed by atoms with Gasteiger partial charge in [0.15, 0.2) is 5.78 Å². The molecule has 108 valence electrons. The highest BCUT2D eigenvalue weighted by molar-refractivity contribution is 5.99. The molecule has 0 radical (unpaired) electrons. The van der Waals surface area contributed by atoms with Crippen LogP contribution in [0.3, 0.4) is 0 Å². The van der Waals surface area contributed by atoms with E-state index < -0.39 is 35.4 Å². The highest BCUT2D eigenvalue weighted by Gasteiger charge is 2.67. The van der Waals surface area contributed by atoms with E-state index in [1.807, 2.05) is 0 Å². The summed E-state index contributed by atoms with van der Waals surface area (Å²) >= 11 is 0. The maximum atomic E-state index is 12.7. The molecule has 0 saturated heterocycles. The van der Waals surface area contributed by atoms with E-state index in [1.54, 1.807) is 0 Å². The molecule has 2 nitrogen and oxygen atoms in total. The minimum atomic E-state index is -4.54. The van der Waals surface area contributed by atoms with E-state index in [0.717, 1.165) is 12.1 Å². The summed E-state index contributed by atoms with van der Waals surface area (Å²) in [6.07, 6.45) is -5.65. The molecule has 0 heterocycles.